The summed E-state index contributed by atoms with van der Waals surface area (Å²) in [4.78, 5) is 47.5. The molecule has 0 radical (unpaired) electrons. The van der Waals surface area contributed by atoms with Crippen LogP contribution in [0.5, 0.6) is 11.5 Å². The van der Waals surface area contributed by atoms with Gasteiger partial charge in [0, 0.05) is 5.92 Å². The molecule has 11 nitrogen and oxygen atoms in total. The van der Waals surface area contributed by atoms with Crippen molar-refractivity contribution in [3.05, 3.63) is 23.8 Å². The fourth-order valence-corrected chi connectivity index (χ4v) is 2.94. The summed E-state index contributed by atoms with van der Waals surface area (Å²) in [5, 5.41) is 9.53. The number of esters is 1. The Morgan fingerprint density at radius 1 is 0.941 bits per heavy atom. The van der Waals surface area contributed by atoms with Crippen molar-refractivity contribution >= 4 is 24.2 Å². The molecule has 0 aromatic heterocycles. The Kier molecular flexibility index (Phi) is 11.8. The zero-order valence-electron chi connectivity index (χ0n) is 20.1. The maximum atomic E-state index is 12.1. The highest BCUT2D eigenvalue weighted by atomic mass is 16.7. The van der Waals surface area contributed by atoms with E-state index in [1.54, 1.807) is 27.7 Å². The van der Waals surface area contributed by atoms with Crippen LogP contribution < -0.4 is 15.2 Å². The predicted molar refractivity (Wildman–Crippen MR) is 120 cm³/mol. The topological polar surface area (TPSA) is 161 Å². The number of carbonyl (C=O) groups is 4. The first-order valence-corrected chi connectivity index (χ1v) is 11.1. The van der Waals surface area contributed by atoms with Gasteiger partial charge in [-0.05, 0) is 51.3 Å². The van der Waals surface area contributed by atoms with E-state index in [0.29, 0.717) is 12.0 Å². The number of carboxylic acid groups (broad SMARTS) is 1. The van der Waals surface area contributed by atoms with E-state index in [-0.39, 0.29) is 37.1 Å². The molecule has 190 valence electrons. The first-order valence-electron chi connectivity index (χ1n) is 11.1. The molecule has 0 aliphatic rings. The Labute approximate surface area is 198 Å². The fraction of sp³-hybridized carbons (Fsp3) is 0.565. The van der Waals surface area contributed by atoms with Gasteiger partial charge in [0.2, 0.25) is 0 Å². The van der Waals surface area contributed by atoms with Crippen LogP contribution in [0.1, 0.15) is 58.9 Å². The molecule has 4 atom stereocenters. The number of benzene rings is 1. The summed E-state index contributed by atoms with van der Waals surface area (Å²) >= 11 is 0. The number of hydrogen-bond acceptors (Lipinski definition) is 10. The molecule has 1 rings (SSSR count). The molecule has 1 aromatic rings. The molecule has 11 heteroatoms. The average Bonchev–Trinajstić information content (AvgIpc) is 2.77. The monoisotopic (exact) mass is 483 g/mol. The number of ether oxygens (including phenoxy) is 5. The number of aliphatic carboxylic acids is 1. The molecule has 0 bridgehead atoms. The second-order valence-corrected chi connectivity index (χ2v) is 7.54. The Bertz CT molecular complexity index is 856. The summed E-state index contributed by atoms with van der Waals surface area (Å²) in [5.74, 6) is -3.16. The molecule has 0 aliphatic carbocycles. The summed E-state index contributed by atoms with van der Waals surface area (Å²) in [6.45, 7) is 8.49. The smallest absolute Gasteiger partial charge is 0.480 e. The molecule has 0 fully saturated rings. The molecule has 0 spiro atoms. The molecule has 3 N–H and O–H groups in total. The maximum absolute atomic E-state index is 12.1. The van der Waals surface area contributed by atoms with Crippen LogP contribution in [0.15, 0.2) is 18.2 Å². The van der Waals surface area contributed by atoms with Crippen molar-refractivity contribution in [3.8, 4) is 11.5 Å². The van der Waals surface area contributed by atoms with Gasteiger partial charge in [-0.1, -0.05) is 19.9 Å². The lowest BCUT2D eigenvalue weighted by molar-refractivity contribution is -0.153. The average molecular weight is 484 g/mol. The fourth-order valence-electron chi connectivity index (χ4n) is 2.94. The zero-order valence-corrected chi connectivity index (χ0v) is 20.1. The second-order valence-electron chi connectivity index (χ2n) is 7.54. The van der Waals surface area contributed by atoms with Crippen LogP contribution in [-0.2, 0) is 23.8 Å². The number of hydrogen-bond donors (Lipinski definition) is 2. The van der Waals surface area contributed by atoms with Crippen LogP contribution in [0.25, 0.3) is 0 Å². The van der Waals surface area contributed by atoms with Gasteiger partial charge < -0.3 is 34.5 Å². The van der Waals surface area contributed by atoms with Crippen LogP contribution in [0.4, 0.5) is 9.59 Å². The molecule has 0 heterocycles. The van der Waals surface area contributed by atoms with Crippen LogP contribution in [0, 0.1) is 5.92 Å². The van der Waals surface area contributed by atoms with Gasteiger partial charge >= 0.3 is 24.2 Å². The first kappa shape index (κ1) is 28.7. The molecule has 0 amide bonds. The highest BCUT2D eigenvalue weighted by molar-refractivity contribution is 5.75. The van der Waals surface area contributed by atoms with E-state index >= 15 is 0 Å². The standard InChI is InChI=1S/C23H33NO10/c1-6-13(4)21(27)32-14(5)11-16(19(24)20(25)26)15-9-10-17(33-22(28)30-7-2)18(12-15)34-23(29)31-8-3/h9-10,12-14,16,19H,6-8,11,24H2,1-5H3,(H,25,26)/t13?,14?,16?,19-/m0/s1. The minimum atomic E-state index is -1.36. The number of nitrogens with two attached hydrogens (primary N) is 1. The third kappa shape index (κ3) is 8.89. The molecule has 3 unspecified atom stereocenters. The number of carbonyl (C=O) groups excluding carboxylic acids is 3. The quantitative estimate of drug-likeness (QED) is 0.254. The Morgan fingerprint density at radius 2 is 1.50 bits per heavy atom. The Balaban J connectivity index is 3.30. The molecule has 34 heavy (non-hydrogen) atoms. The Morgan fingerprint density at radius 3 is 2.00 bits per heavy atom. The van der Waals surface area contributed by atoms with Crippen LogP contribution in [0.2, 0.25) is 0 Å². The van der Waals surface area contributed by atoms with Crippen LogP contribution in [0.3, 0.4) is 0 Å². The van der Waals surface area contributed by atoms with E-state index in [4.69, 9.17) is 29.4 Å². The molecule has 1 aromatic carbocycles. The molecule has 0 saturated carbocycles. The van der Waals surface area contributed by atoms with Gasteiger partial charge in [0.15, 0.2) is 11.5 Å². The highest BCUT2D eigenvalue weighted by Gasteiger charge is 2.30. The minimum absolute atomic E-state index is 0.0399. The lowest BCUT2D eigenvalue weighted by Crippen LogP contribution is -2.38. The summed E-state index contributed by atoms with van der Waals surface area (Å²) in [7, 11) is 0. The lowest BCUT2D eigenvalue weighted by Gasteiger charge is -2.26. The van der Waals surface area contributed by atoms with Crippen molar-refractivity contribution in [2.75, 3.05) is 13.2 Å². The van der Waals surface area contributed by atoms with Crippen molar-refractivity contribution in [2.45, 2.75) is 65.5 Å². The van der Waals surface area contributed by atoms with Gasteiger partial charge in [-0.2, -0.15) is 0 Å². The lowest BCUT2D eigenvalue weighted by atomic mass is 9.87. The van der Waals surface area contributed by atoms with Crippen molar-refractivity contribution in [1.82, 2.24) is 0 Å². The SMILES string of the molecule is CCOC(=O)Oc1ccc(C(CC(C)OC(=O)C(C)CC)[C@H](N)C(=O)O)cc1OC(=O)OCC. The van der Waals surface area contributed by atoms with E-state index in [9.17, 15) is 24.3 Å². The van der Waals surface area contributed by atoms with E-state index in [1.165, 1.54) is 18.2 Å². The van der Waals surface area contributed by atoms with Crippen LogP contribution >= 0.6 is 0 Å². The predicted octanol–water partition coefficient (Wildman–Crippen LogP) is 3.62. The van der Waals surface area contributed by atoms with Crippen molar-refractivity contribution in [1.29, 1.82) is 0 Å². The van der Waals surface area contributed by atoms with Gasteiger partial charge in [-0.3, -0.25) is 9.59 Å². The normalized spacial score (nSPS) is 14.2. The maximum Gasteiger partial charge on any atom is 0.513 e. The van der Waals surface area contributed by atoms with Crippen molar-refractivity contribution < 1.29 is 48.0 Å². The largest absolute Gasteiger partial charge is 0.513 e. The van der Waals surface area contributed by atoms with E-state index < -0.39 is 42.3 Å². The zero-order chi connectivity index (χ0) is 25.8. The van der Waals surface area contributed by atoms with Crippen molar-refractivity contribution in [2.24, 2.45) is 11.7 Å². The minimum Gasteiger partial charge on any atom is -0.480 e. The molecule has 0 aliphatic heterocycles. The van der Waals surface area contributed by atoms with Gasteiger partial charge in [0.1, 0.15) is 6.04 Å². The van der Waals surface area contributed by atoms with Gasteiger partial charge in [-0.25, -0.2) is 9.59 Å². The van der Waals surface area contributed by atoms with Gasteiger partial charge in [0.25, 0.3) is 0 Å². The summed E-state index contributed by atoms with van der Waals surface area (Å²) in [5.41, 5.74) is 6.30. The second kappa shape index (κ2) is 14.0. The van der Waals surface area contributed by atoms with E-state index in [0.717, 1.165) is 0 Å². The Hall–Kier alpha value is -3.34. The molecular weight excluding hydrogens is 450 g/mol. The summed E-state index contributed by atoms with van der Waals surface area (Å²) in [6, 6.07) is 2.75. The molecule has 0 saturated heterocycles. The summed E-state index contributed by atoms with van der Waals surface area (Å²) < 4.78 is 25.2. The third-order valence-corrected chi connectivity index (χ3v) is 4.94. The van der Waals surface area contributed by atoms with Gasteiger partial charge in [0.05, 0.1) is 25.2 Å². The molecular formula is C23H33NO10. The summed E-state index contributed by atoms with van der Waals surface area (Å²) in [6.07, 6.45) is -2.05. The number of rotatable bonds is 12. The first-order chi connectivity index (χ1) is 16.0. The van der Waals surface area contributed by atoms with E-state index in [1.807, 2.05) is 6.92 Å². The third-order valence-electron chi connectivity index (χ3n) is 4.94. The van der Waals surface area contributed by atoms with Crippen molar-refractivity contribution in [3.63, 3.8) is 0 Å². The number of carboxylic acids is 1. The highest BCUT2D eigenvalue weighted by Crippen LogP contribution is 2.35. The van der Waals surface area contributed by atoms with E-state index in [2.05, 4.69) is 0 Å². The van der Waals surface area contributed by atoms with Crippen LogP contribution in [-0.4, -0.2) is 54.7 Å². The van der Waals surface area contributed by atoms with Gasteiger partial charge in [-0.15, -0.1) is 0 Å².